The van der Waals surface area contributed by atoms with Gasteiger partial charge in [0.25, 0.3) is 0 Å². The van der Waals surface area contributed by atoms with Crippen molar-refractivity contribution in [1.29, 1.82) is 0 Å². The fourth-order valence-corrected chi connectivity index (χ4v) is 8.47. The quantitative estimate of drug-likeness (QED) is 0.117. The van der Waals surface area contributed by atoms with Crippen LogP contribution in [0.2, 0.25) is 0 Å². The van der Waals surface area contributed by atoms with Gasteiger partial charge < -0.3 is 4.90 Å². The number of hydrogen-bond donors (Lipinski definition) is 0. The molecule has 0 bridgehead atoms. The van der Waals surface area contributed by atoms with Crippen LogP contribution in [0.3, 0.4) is 0 Å². The van der Waals surface area contributed by atoms with Crippen LogP contribution in [0.1, 0.15) is 97.4 Å². The predicted octanol–water partition coefficient (Wildman–Crippen LogP) is 10.8. The summed E-state index contributed by atoms with van der Waals surface area (Å²) in [6, 6.07) is 11.4. The molecule has 4 rings (SSSR count). The van der Waals surface area contributed by atoms with Crippen LogP contribution in [0.15, 0.2) is 59.8 Å². The first-order valence-electron chi connectivity index (χ1n) is 15.8. The zero-order valence-electron chi connectivity index (χ0n) is 28.7. The Labute approximate surface area is 284 Å². The van der Waals surface area contributed by atoms with Crippen LogP contribution >= 0.6 is 19.4 Å². The second-order valence-electron chi connectivity index (χ2n) is 14.2. The van der Waals surface area contributed by atoms with Crippen LogP contribution < -0.4 is 4.74 Å². The maximum atomic E-state index is 10.7. The molecule has 8 heteroatoms. The number of rotatable bonds is 8. The van der Waals surface area contributed by atoms with E-state index in [0.717, 1.165) is 12.8 Å². The molecule has 1 heterocycles. The van der Waals surface area contributed by atoms with Crippen LogP contribution in [0.4, 0.5) is 5.69 Å². The maximum Gasteiger partial charge on any atom is 0.00420 e. The summed E-state index contributed by atoms with van der Waals surface area (Å²) in [6.07, 6.45) is 7.08. The van der Waals surface area contributed by atoms with Crippen molar-refractivity contribution in [3.05, 3.63) is 98.7 Å². The number of non-ortho nitro benzene ring substituents is 1. The summed E-state index contributed by atoms with van der Waals surface area (Å²) in [6.45, 7) is 27.5. The largest absolute Gasteiger partial charge is 0.520 e. The Morgan fingerprint density at radius 1 is 1.04 bits per heavy atom. The summed E-state index contributed by atoms with van der Waals surface area (Å²) in [5.74, 6) is 2.35. The summed E-state index contributed by atoms with van der Waals surface area (Å²) < 4.78 is 7.17. The fraction of sp³-hybridized carbons (Fsp3) is 0.514. The van der Waals surface area contributed by atoms with Gasteiger partial charge in [-0.25, -0.2) is 6.54 Å². The van der Waals surface area contributed by atoms with Crippen molar-refractivity contribution >= 4 is 29.7 Å². The smallest absolute Gasteiger partial charge is 0.00420 e. The van der Waals surface area contributed by atoms with Crippen molar-refractivity contribution in [2.75, 3.05) is 0 Å². The van der Waals surface area contributed by atoms with Gasteiger partial charge in [0.2, 0.25) is 0 Å². The molecule has 1 saturated heterocycles. The van der Waals surface area contributed by atoms with E-state index in [-0.39, 0.29) is 22.7 Å². The Kier molecular flexibility index (Phi) is 12.7. The van der Waals surface area contributed by atoms with Gasteiger partial charge in [-0.1, -0.05) is 81.7 Å². The first kappa shape index (κ1) is 37.5. The van der Waals surface area contributed by atoms with E-state index in [1.54, 1.807) is 16.4 Å². The molecule has 0 radical (unpaired) electrons. The minimum atomic E-state index is -2.05. The minimum absolute atomic E-state index is 0.00360. The van der Waals surface area contributed by atoms with E-state index in [9.17, 15) is 10.1 Å². The van der Waals surface area contributed by atoms with Gasteiger partial charge in [0.1, 0.15) is 0 Å². The third-order valence-electron chi connectivity index (χ3n) is 8.52. The summed E-state index contributed by atoms with van der Waals surface area (Å²) in [5.41, 5.74) is 8.04. The molecule has 1 fully saturated rings. The Hall–Kier alpha value is -2.01. The van der Waals surface area contributed by atoms with Gasteiger partial charge in [0.15, 0.2) is 0 Å². The Balaban J connectivity index is 0.000000279. The molecule has 2 aromatic rings. The molecule has 250 valence electrons. The average Bonchev–Trinajstić information content (AvgIpc) is 3.17. The van der Waals surface area contributed by atoms with E-state index < -0.39 is 18.4 Å². The van der Waals surface area contributed by atoms with Gasteiger partial charge >= 0.3 is 112 Å². The first-order chi connectivity index (χ1) is 20.8. The Morgan fingerprint density at radius 3 is 2.18 bits per heavy atom. The molecular formula is C37H51Cl2N2O3Ru-. The molecular weight excluding hydrogens is 692 g/mol. The zero-order chi connectivity index (χ0) is 33.9. The SMILES string of the molecule is CC(C)Oc1ccc([N+](=O)[O-])cc1[CH]=[Ru]([Cl])[Cl].Cc1cc(C)cc(C2(C)[CH-]N(C3=C(C(C)C)C=CC[C@H]3C(C)C)C(C)(C)C2)c1. The topological polar surface area (TPSA) is 55.6 Å². The van der Waals surface area contributed by atoms with E-state index >= 15 is 0 Å². The number of halogens is 2. The number of ether oxygens (including phenoxy) is 1. The molecule has 2 aliphatic rings. The van der Waals surface area contributed by atoms with Crippen LogP contribution in [0.25, 0.3) is 0 Å². The molecule has 1 aliphatic heterocycles. The molecule has 0 spiro atoms. The molecule has 0 amide bonds. The van der Waals surface area contributed by atoms with E-state index in [0.29, 0.717) is 29.1 Å². The molecule has 2 atom stereocenters. The number of nitro benzene ring substituents is 1. The van der Waals surface area contributed by atoms with Gasteiger partial charge in [0.05, 0.1) is 0 Å². The third kappa shape index (κ3) is 9.52. The number of benzene rings is 2. The van der Waals surface area contributed by atoms with Crippen molar-refractivity contribution in [3.8, 4) is 5.75 Å². The number of nitrogens with zero attached hydrogens (tertiary/aromatic N) is 2. The number of aryl methyl sites for hydroxylation is 2. The van der Waals surface area contributed by atoms with Crippen LogP contribution in [0, 0.1) is 48.3 Å². The van der Waals surface area contributed by atoms with E-state index in [1.807, 2.05) is 13.8 Å². The monoisotopic (exact) mass is 743 g/mol. The first-order valence-corrected chi connectivity index (χ1v) is 21.3. The van der Waals surface area contributed by atoms with Crippen LogP contribution in [-0.2, 0) is 18.9 Å². The predicted molar refractivity (Wildman–Crippen MR) is 188 cm³/mol. The molecule has 45 heavy (non-hydrogen) atoms. The third-order valence-corrected chi connectivity index (χ3v) is 10.4. The van der Waals surface area contributed by atoms with Crippen molar-refractivity contribution in [2.24, 2.45) is 17.8 Å². The van der Waals surface area contributed by atoms with E-state index in [2.05, 4.69) is 104 Å². The standard InChI is InChI=1S/C27H40N.C10H11NO3.2ClH.Ru/c1-18(2)23-11-10-12-24(19(3)4)25(23)28-17-27(9,16-26(28,7)8)22-14-20(5)13-21(6)15-22;1-7(2)14-10-5-4-9(11(12)13)6-8(10)3;;;/h10-11,13-15,17-19,24H,12,16H2,1-9H3;3-7H,1-2H3;2*1H;/q-1;;;;+2/p-2/t24-,27?;;;;/m0..../s1. The average molecular weight is 744 g/mol. The Bertz CT molecular complexity index is 1450. The molecule has 0 aromatic heterocycles. The Morgan fingerprint density at radius 2 is 1.67 bits per heavy atom. The molecule has 0 N–H and O–H groups in total. The molecule has 0 saturated carbocycles. The molecule has 2 aromatic carbocycles. The zero-order valence-corrected chi connectivity index (χ0v) is 32.0. The van der Waals surface area contributed by atoms with Gasteiger partial charge in [0, 0.05) is 11.5 Å². The summed E-state index contributed by atoms with van der Waals surface area (Å²) in [5, 5.41) is 10.7. The maximum absolute atomic E-state index is 10.7. The number of allylic oxidation sites excluding steroid dienone is 4. The van der Waals surface area contributed by atoms with Gasteiger partial charge in [-0.15, -0.1) is 5.41 Å². The second-order valence-corrected chi connectivity index (χ2v) is 19.9. The van der Waals surface area contributed by atoms with Gasteiger partial charge in [-0.05, 0) is 63.6 Å². The van der Waals surface area contributed by atoms with Gasteiger partial charge in [-0.3, -0.25) is 0 Å². The summed E-state index contributed by atoms with van der Waals surface area (Å²) >= 11 is -2.05. The normalized spacial score (nSPS) is 21.3. The van der Waals surface area contributed by atoms with E-state index in [4.69, 9.17) is 24.1 Å². The number of likely N-dealkylation sites (tertiary alicyclic amines) is 1. The van der Waals surface area contributed by atoms with Crippen LogP contribution in [0.5, 0.6) is 5.75 Å². The van der Waals surface area contributed by atoms with Crippen molar-refractivity contribution < 1.29 is 23.2 Å². The number of nitro groups is 1. The fourth-order valence-electron chi connectivity index (χ4n) is 6.69. The van der Waals surface area contributed by atoms with Crippen molar-refractivity contribution in [2.45, 2.75) is 106 Å². The van der Waals surface area contributed by atoms with Crippen LogP contribution in [-0.4, -0.2) is 26.1 Å². The van der Waals surface area contributed by atoms with Gasteiger partial charge in [-0.2, -0.15) is 0 Å². The molecule has 5 nitrogen and oxygen atoms in total. The summed E-state index contributed by atoms with van der Waals surface area (Å²) in [4.78, 5) is 12.9. The molecule has 1 unspecified atom stereocenters. The second kappa shape index (κ2) is 15.3. The molecule has 1 aliphatic carbocycles. The summed E-state index contributed by atoms with van der Waals surface area (Å²) in [7, 11) is 11.6. The number of hydrogen-bond acceptors (Lipinski definition) is 4. The van der Waals surface area contributed by atoms with Crippen molar-refractivity contribution in [1.82, 2.24) is 4.90 Å². The van der Waals surface area contributed by atoms with E-state index in [1.165, 1.54) is 34.4 Å². The minimum Gasteiger partial charge on any atom is -0.520 e. The van der Waals surface area contributed by atoms with Crippen molar-refractivity contribution in [3.63, 3.8) is 0 Å².